The number of hydrogen-bond donors (Lipinski definition) is 2. The molecule has 168 valence electrons. The van der Waals surface area contributed by atoms with Gasteiger partial charge in [-0.3, -0.25) is 0 Å². The summed E-state index contributed by atoms with van der Waals surface area (Å²) in [5.41, 5.74) is -0.892. The predicted molar refractivity (Wildman–Crippen MR) is 115 cm³/mol. The Labute approximate surface area is 176 Å². The van der Waals surface area contributed by atoms with Crippen molar-refractivity contribution in [3.05, 3.63) is 0 Å². The number of rotatable bonds is 4. The van der Waals surface area contributed by atoms with Gasteiger partial charge in [0.2, 0.25) is 0 Å². The lowest BCUT2D eigenvalue weighted by atomic mass is 9.76. The van der Waals surface area contributed by atoms with Gasteiger partial charge in [0.15, 0.2) is 0 Å². The van der Waals surface area contributed by atoms with Gasteiger partial charge in [0.1, 0.15) is 11.2 Å². The lowest BCUT2D eigenvalue weighted by molar-refractivity contribution is 0.0481. The van der Waals surface area contributed by atoms with E-state index in [1.165, 1.54) is 32.1 Å². The highest BCUT2D eigenvalue weighted by Gasteiger charge is 2.29. The molecule has 0 saturated heterocycles. The van der Waals surface area contributed by atoms with Crippen LogP contribution in [0.15, 0.2) is 0 Å². The van der Waals surface area contributed by atoms with Gasteiger partial charge in [0, 0.05) is 12.1 Å². The Bertz CT molecular complexity index is 486. The normalized spacial score (nSPS) is 28.3. The monoisotopic (exact) mass is 410 g/mol. The van der Waals surface area contributed by atoms with Crippen LogP contribution in [0.5, 0.6) is 0 Å². The summed E-state index contributed by atoms with van der Waals surface area (Å²) in [4.78, 5) is 23.9. The molecule has 2 saturated carbocycles. The van der Waals surface area contributed by atoms with Gasteiger partial charge in [-0.05, 0) is 111 Å². The van der Waals surface area contributed by atoms with Crippen molar-refractivity contribution in [3.63, 3.8) is 0 Å². The third-order valence-electron chi connectivity index (χ3n) is 5.80. The molecule has 0 aromatic heterocycles. The van der Waals surface area contributed by atoms with E-state index >= 15 is 0 Å². The van der Waals surface area contributed by atoms with Gasteiger partial charge >= 0.3 is 12.2 Å². The molecule has 0 atom stereocenters. The fourth-order valence-corrected chi connectivity index (χ4v) is 4.50. The quantitative estimate of drug-likeness (QED) is 0.637. The average Bonchev–Trinajstić information content (AvgIpc) is 2.55. The smallest absolute Gasteiger partial charge is 0.407 e. The maximum absolute atomic E-state index is 11.9. The molecule has 2 aliphatic carbocycles. The Morgan fingerprint density at radius 2 is 0.966 bits per heavy atom. The highest BCUT2D eigenvalue weighted by Crippen LogP contribution is 2.35. The zero-order valence-corrected chi connectivity index (χ0v) is 19.3. The van der Waals surface area contributed by atoms with Crippen LogP contribution >= 0.6 is 0 Å². The second kappa shape index (κ2) is 10.0. The molecule has 2 amide bonds. The first-order valence-corrected chi connectivity index (χ1v) is 11.4. The molecule has 29 heavy (non-hydrogen) atoms. The third kappa shape index (κ3) is 9.72. The third-order valence-corrected chi connectivity index (χ3v) is 5.80. The molecular weight excluding hydrogens is 368 g/mol. The highest BCUT2D eigenvalue weighted by molar-refractivity contribution is 5.68. The molecule has 0 aliphatic heterocycles. The second-order valence-electron chi connectivity index (χ2n) is 11.0. The minimum absolute atomic E-state index is 0.245. The van der Waals surface area contributed by atoms with Crippen molar-refractivity contribution < 1.29 is 19.1 Å². The summed E-state index contributed by atoms with van der Waals surface area (Å²) >= 11 is 0. The number of alkyl carbamates (subject to hydrolysis) is 2. The van der Waals surface area contributed by atoms with Gasteiger partial charge < -0.3 is 20.1 Å². The number of carbonyl (C=O) groups excluding carboxylic acids is 2. The predicted octanol–water partition coefficient (Wildman–Crippen LogP) is 5.54. The number of nitrogens with one attached hydrogen (secondary N) is 2. The van der Waals surface area contributed by atoms with E-state index in [-0.39, 0.29) is 24.3 Å². The molecule has 0 spiro atoms. The first-order valence-electron chi connectivity index (χ1n) is 11.4. The van der Waals surface area contributed by atoms with E-state index in [4.69, 9.17) is 9.47 Å². The Balaban J connectivity index is 1.62. The van der Waals surface area contributed by atoms with Gasteiger partial charge in [0.25, 0.3) is 0 Å². The van der Waals surface area contributed by atoms with Crippen molar-refractivity contribution in [3.8, 4) is 0 Å². The Morgan fingerprint density at radius 1 is 0.655 bits per heavy atom. The number of hydrogen-bond acceptors (Lipinski definition) is 4. The zero-order valence-electron chi connectivity index (χ0n) is 19.3. The molecule has 2 fully saturated rings. The topological polar surface area (TPSA) is 76.7 Å². The lowest BCUT2D eigenvalue weighted by Gasteiger charge is -2.34. The van der Waals surface area contributed by atoms with Crippen LogP contribution in [0.3, 0.4) is 0 Å². The summed E-state index contributed by atoms with van der Waals surface area (Å²) in [7, 11) is 0. The van der Waals surface area contributed by atoms with E-state index in [2.05, 4.69) is 10.6 Å². The Kier molecular flexibility index (Phi) is 8.24. The number of carbonyl (C=O) groups is 2. The molecule has 0 radical (unpaired) electrons. The van der Waals surface area contributed by atoms with Crippen LogP contribution in [0.25, 0.3) is 0 Å². The van der Waals surface area contributed by atoms with E-state index < -0.39 is 11.2 Å². The summed E-state index contributed by atoms with van der Waals surface area (Å²) in [5, 5.41) is 6.05. The summed E-state index contributed by atoms with van der Waals surface area (Å²) in [6.45, 7) is 11.3. The van der Waals surface area contributed by atoms with Gasteiger partial charge in [-0.1, -0.05) is 0 Å². The van der Waals surface area contributed by atoms with Crippen LogP contribution in [0, 0.1) is 11.8 Å². The van der Waals surface area contributed by atoms with Crippen molar-refractivity contribution in [2.24, 2.45) is 11.8 Å². The van der Waals surface area contributed by atoms with Crippen molar-refractivity contribution in [1.82, 2.24) is 10.6 Å². The molecule has 2 N–H and O–H groups in total. The number of amides is 2. The standard InChI is InChI=1S/C23H42N2O4/c1-22(2,3)28-20(26)24-18-11-7-16(8-12-18)15-17-9-13-19(14-10-17)25-21(27)29-23(4,5)6/h16-19H,7-15H2,1-6H3,(H,24,26)(H,25,27). The van der Waals surface area contributed by atoms with E-state index in [1.807, 2.05) is 41.5 Å². The van der Waals surface area contributed by atoms with Crippen LogP contribution in [0.4, 0.5) is 9.59 Å². The van der Waals surface area contributed by atoms with E-state index in [9.17, 15) is 9.59 Å². The summed E-state index contributed by atoms with van der Waals surface area (Å²) in [6.07, 6.45) is 9.56. The summed E-state index contributed by atoms with van der Waals surface area (Å²) in [5.74, 6) is 1.51. The Hall–Kier alpha value is -1.46. The highest BCUT2D eigenvalue weighted by atomic mass is 16.6. The first-order chi connectivity index (χ1) is 13.4. The minimum atomic E-state index is -0.446. The van der Waals surface area contributed by atoms with Crippen molar-refractivity contribution >= 4 is 12.2 Å². The molecule has 0 unspecified atom stereocenters. The fourth-order valence-electron chi connectivity index (χ4n) is 4.50. The first kappa shape index (κ1) is 23.8. The van der Waals surface area contributed by atoms with E-state index in [0.717, 1.165) is 37.5 Å². The van der Waals surface area contributed by atoms with Crippen molar-refractivity contribution in [1.29, 1.82) is 0 Å². The lowest BCUT2D eigenvalue weighted by Crippen LogP contribution is -2.41. The molecule has 0 bridgehead atoms. The average molecular weight is 411 g/mol. The van der Waals surface area contributed by atoms with Gasteiger partial charge in [-0.2, -0.15) is 0 Å². The van der Waals surface area contributed by atoms with Gasteiger partial charge in [-0.25, -0.2) is 9.59 Å². The van der Waals surface area contributed by atoms with Crippen molar-refractivity contribution in [2.75, 3.05) is 0 Å². The van der Waals surface area contributed by atoms with Crippen LogP contribution in [-0.2, 0) is 9.47 Å². The van der Waals surface area contributed by atoms with Crippen LogP contribution in [0.1, 0.15) is 99.3 Å². The van der Waals surface area contributed by atoms with Crippen molar-refractivity contribution in [2.45, 2.75) is 123 Å². The molecule has 2 rings (SSSR count). The largest absolute Gasteiger partial charge is 0.444 e. The Morgan fingerprint density at radius 3 is 1.24 bits per heavy atom. The molecular formula is C23H42N2O4. The number of ether oxygens (including phenoxy) is 2. The SMILES string of the molecule is CC(C)(C)OC(=O)NC1CCC(CC2CCC(NC(=O)OC(C)(C)C)CC2)CC1. The van der Waals surface area contributed by atoms with Crippen LogP contribution < -0.4 is 10.6 Å². The van der Waals surface area contributed by atoms with Crippen LogP contribution in [-0.4, -0.2) is 35.5 Å². The second-order valence-corrected chi connectivity index (χ2v) is 11.0. The van der Waals surface area contributed by atoms with Crippen LogP contribution in [0.2, 0.25) is 0 Å². The van der Waals surface area contributed by atoms with E-state index in [1.54, 1.807) is 0 Å². The maximum Gasteiger partial charge on any atom is 0.407 e. The zero-order chi connectivity index (χ0) is 21.7. The molecule has 2 aliphatic rings. The summed E-state index contributed by atoms with van der Waals surface area (Å²) < 4.78 is 10.7. The molecule has 0 aromatic carbocycles. The molecule has 6 heteroatoms. The summed E-state index contributed by atoms with van der Waals surface area (Å²) in [6, 6.07) is 0.490. The molecule has 0 aromatic rings. The molecule has 0 heterocycles. The van der Waals surface area contributed by atoms with E-state index in [0.29, 0.717) is 0 Å². The van der Waals surface area contributed by atoms with Gasteiger partial charge in [0.05, 0.1) is 0 Å². The fraction of sp³-hybridized carbons (Fsp3) is 0.913. The van der Waals surface area contributed by atoms with Gasteiger partial charge in [-0.15, -0.1) is 0 Å². The maximum atomic E-state index is 11.9. The molecule has 6 nitrogen and oxygen atoms in total. The minimum Gasteiger partial charge on any atom is -0.444 e.